The molecule has 1 aromatic rings. The van der Waals surface area contributed by atoms with Gasteiger partial charge in [-0.05, 0) is 19.8 Å². The molecule has 5 heteroatoms. The lowest BCUT2D eigenvalue weighted by Gasteiger charge is -2.26. The van der Waals surface area contributed by atoms with Crippen LogP contribution in [0, 0.1) is 6.92 Å². The number of amides is 1. The lowest BCUT2D eigenvalue weighted by atomic mass is 9.94. The van der Waals surface area contributed by atoms with Crippen LogP contribution in [-0.4, -0.2) is 32.9 Å². The van der Waals surface area contributed by atoms with Crippen LogP contribution >= 0.6 is 0 Å². The van der Waals surface area contributed by atoms with E-state index in [1.807, 2.05) is 6.92 Å². The molecule has 0 radical (unpaired) electrons. The van der Waals surface area contributed by atoms with Crippen molar-refractivity contribution in [2.24, 2.45) is 7.05 Å². The van der Waals surface area contributed by atoms with Crippen LogP contribution in [0.1, 0.15) is 54.6 Å². The molecular formula is C14H23N3O2. The second-order valence-corrected chi connectivity index (χ2v) is 5.62. The molecule has 0 atom stereocenters. The molecule has 0 aromatic carbocycles. The topological polar surface area (TPSA) is 67.2 Å². The van der Waals surface area contributed by atoms with Gasteiger partial charge in [-0.25, -0.2) is 0 Å². The van der Waals surface area contributed by atoms with Crippen LogP contribution in [0.15, 0.2) is 6.20 Å². The molecule has 0 aliphatic heterocycles. The third-order valence-corrected chi connectivity index (χ3v) is 3.87. The van der Waals surface area contributed by atoms with Gasteiger partial charge in [0.2, 0.25) is 0 Å². The van der Waals surface area contributed by atoms with Crippen LogP contribution in [0.25, 0.3) is 0 Å². The summed E-state index contributed by atoms with van der Waals surface area (Å²) in [6.45, 7) is 2.15. The van der Waals surface area contributed by atoms with Gasteiger partial charge >= 0.3 is 0 Å². The highest BCUT2D eigenvalue weighted by atomic mass is 16.3. The maximum Gasteiger partial charge on any atom is 0.254 e. The van der Waals surface area contributed by atoms with E-state index in [0.717, 1.165) is 25.7 Å². The maximum absolute atomic E-state index is 12.1. The molecule has 0 bridgehead atoms. The molecule has 106 valence electrons. The van der Waals surface area contributed by atoms with E-state index < -0.39 is 5.60 Å². The van der Waals surface area contributed by atoms with Crippen LogP contribution in [0.5, 0.6) is 0 Å². The van der Waals surface area contributed by atoms with E-state index in [1.54, 1.807) is 17.9 Å². The lowest BCUT2D eigenvalue weighted by Crippen LogP contribution is -2.42. The first kappa shape index (κ1) is 14.1. The number of aryl methyl sites for hydroxylation is 2. The van der Waals surface area contributed by atoms with Crippen LogP contribution in [0.3, 0.4) is 0 Å². The Morgan fingerprint density at radius 1 is 1.42 bits per heavy atom. The van der Waals surface area contributed by atoms with Crippen molar-refractivity contribution in [2.45, 2.75) is 51.0 Å². The van der Waals surface area contributed by atoms with E-state index in [4.69, 9.17) is 0 Å². The molecule has 1 fully saturated rings. The number of carbonyl (C=O) groups is 1. The van der Waals surface area contributed by atoms with Crippen LogP contribution in [0.4, 0.5) is 0 Å². The summed E-state index contributed by atoms with van der Waals surface area (Å²) < 4.78 is 1.63. The molecule has 1 aromatic heterocycles. The zero-order valence-corrected chi connectivity index (χ0v) is 11.8. The molecule has 2 N–H and O–H groups in total. The number of rotatable bonds is 3. The number of carbonyl (C=O) groups excluding carboxylic acids is 1. The largest absolute Gasteiger partial charge is 0.388 e. The van der Waals surface area contributed by atoms with E-state index in [9.17, 15) is 9.90 Å². The number of hydrogen-bond acceptors (Lipinski definition) is 3. The van der Waals surface area contributed by atoms with Gasteiger partial charge in [-0.15, -0.1) is 0 Å². The number of nitrogens with one attached hydrogen (secondary N) is 1. The second-order valence-electron chi connectivity index (χ2n) is 5.62. The van der Waals surface area contributed by atoms with Crippen molar-refractivity contribution in [3.8, 4) is 0 Å². The third-order valence-electron chi connectivity index (χ3n) is 3.87. The van der Waals surface area contributed by atoms with Crippen LogP contribution in [-0.2, 0) is 7.05 Å². The molecule has 1 heterocycles. The van der Waals surface area contributed by atoms with Crippen LogP contribution in [0.2, 0.25) is 0 Å². The van der Waals surface area contributed by atoms with Crippen molar-refractivity contribution in [1.82, 2.24) is 15.1 Å². The van der Waals surface area contributed by atoms with Crippen molar-refractivity contribution in [3.63, 3.8) is 0 Å². The van der Waals surface area contributed by atoms with Gasteiger partial charge in [0.15, 0.2) is 0 Å². The molecule has 1 amide bonds. The zero-order chi connectivity index (χ0) is 13.9. The highest BCUT2D eigenvalue weighted by Gasteiger charge is 2.28. The number of aliphatic hydroxyl groups is 1. The fraction of sp³-hybridized carbons (Fsp3) is 0.714. The Hall–Kier alpha value is -1.36. The Morgan fingerprint density at radius 2 is 2.05 bits per heavy atom. The molecule has 5 nitrogen and oxygen atoms in total. The van der Waals surface area contributed by atoms with E-state index in [1.165, 1.54) is 12.8 Å². The first-order valence-electron chi connectivity index (χ1n) is 7.01. The van der Waals surface area contributed by atoms with Crippen molar-refractivity contribution >= 4 is 5.91 Å². The van der Waals surface area contributed by atoms with E-state index in [0.29, 0.717) is 17.8 Å². The first-order valence-corrected chi connectivity index (χ1v) is 7.01. The number of hydrogen-bond donors (Lipinski definition) is 2. The number of nitrogens with zero attached hydrogens (tertiary/aromatic N) is 2. The first-order chi connectivity index (χ1) is 9.00. The van der Waals surface area contributed by atoms with Gasteiger partial charge in [0.05, 0.1) is 16.9 Å². The minimum Gasteiger partial charge on any atom is -0.388 e. The molecule has 1 aliphatic carbocycles. The maximum atomic E-state index is 12.1. The Kier molecular flexibility index (Phi) is 4.24. The number of aromatic nitrogens is 2. The van der Waals surface area contributed by atoms with Gasteiger partial charge in [0, 0.05) is 19.8 Å². The molecule has 2 rings (SSSR count). The van der Waals surface area contributed by atoms with Crippen molar-refractivity contribution < 1.29 is 9.90 Å². The van der Waals surface area contributed by atoms with Crippen molar-refractivity contribution in [1.29, 1.82) is 0 Å². The third kappa shape index (κ3) is 3.56. The Bertz CT molecular complexity index is 446. The van der Waals surface area contributed by atoms with Gasteiger partial charge in [0.25, 0.3) is 5.91 Å². The molecule has 1 aliphatic rings. The van der Waals surface area contributed by atoms with E-state index in [2.05, 4.69) is 10.4 Å². The fourth-order valence-corrected chi connectivity index (χ4v) is 2.73. The van der Waals surface area contributed by atoms with Crippen molar-refractivity contribution in [3.05, 3.63) is 17.5 Å². The smallest absolute Gasteiger partial charge is 0.254 e. The summed E-state index contributed by atoms with van der Waals surface area (Å²) in [7, 11) is 1.79. The summed E-state index contributed by atoms with van der Waals surface area (Å²) in [6.07, 6.45) is 7.70. The van der Waals surface area contributed by atoms with Gasteiger partial charge in [-0.2, -0.15) is 5.10 Å². The highest BCUT2D eigenvalue weighted by molar-refractivity contribution is 5.95. The lowest BCUT2D eigenvalue weighted by molar-refractivity contribution is 0.0246. The summed E-state index contributed by atoms with van der Waals surface area (Å²) in [4.78, 5) is 12.1. The predicted molar refractivity (Wildman–Crippen MR) is 72.9 cm³/mol. The Labute approximate surface area is 114 Å². The summed E-state index contributed by atoms with van der Waals surface area (Å²) in [6, 6.07) is 0. The molecule has 0 unspecified atom stereocenters. The van der Waals surface area contributed by atoms with Gasteiger partial charge in [0.1, 0.15) is 0 Å². The van der Waals surface area contributed by atoms with Gasteiger partial charge < -0.3 is 10.4 Å². The Balaban J connectivity index is 1.94. The molecule has 0 spiro atoms. The summed E-state index contributed by atoms with van der Waals surface area (Å²) in [5.41, 5.74) is 0.565. The van der Waals surface area contributed by atoms with Gasteiger partial charge in [-0.3, -0.25) is 9.48 Å². The fourth-order valence-electron chi connectivity index (χ4n) is 2.73. The summed E-state index contributed by atoms with van der Waals surface area (Å²) >= 11 is 0. The monoisotopic (exact) mass is 265 g/mol. The average molecular weight is 265 g/mol. The molecule has 0 saturated heterocycles. The molecule has 1 saturated carbocycles. The molecular weight excluding hydrogens is 242 g/mol. The Morgan fingerprint density at radius 3 is 2.58 bits per heavy atom. The standard InChI is InChI=1S/C14H23N3O2/c1-11-12(9-17(2)16-11)13(18)15-10-14(19)7-5-3-4-6-8-14/h9,19H,3-8,10H2,1-2H3,(H,15,18). The van der Waals surface area contributed by atoms with Crippen molar-refractivity contribution in [2.75, 3.05) is 6.54 Å². The summed E-state index contributed by atoms with van der Waals surface area (Å²) in [5, 5.41) is 17.5. The van der Waals surface area contributed by atoms with E-state index >= 15 is 0 Å². The highest BCUT2D eigenvalue weighted by Crippen LogP contribution is 2.26. The predicted octanol–water partition coefficient (Wildman–Crippen LogP) is 1.54. The minimum absolute atomic E-state index is 0.150. The average Bonchev–Trinajstić information content (AvgIpc) is 2.58. The normalized spacial score (nSPS) is 18.9. The van der Waals surface area contributed by atoms with Crippen LogP contribution < -0.4 is 5.32 Å². The SMILES string of the molecule is Cc1nn(C)cc1C(=O)NCC1(O)CCCCCC1. The molecule has 19 heavy (non-hydrogen) atoms. The zero-order valence-electron chi connectivity index (χ0n) is 11.8. The minimum atomic E-state index is -0.734. The van der Waals surface area contributed by atoms with Gasteiger partial charge in [-0.1, -0.05) is 25.7 Å². The van der Waals surface area contributed by atoms with E-state index in [-0.39, 0.29) is 5.91 Å². The quantitative estimate of drug-likeness (QED) is 0.815. The second kappa shape index (κ2) is 5.74. The summed E-state index contributed by atoms with van der Waals surface area (Å²) in [5.74, 6) is -0.150.